The van der Waals surface area contributed by atoms with Gasteiger partial charge in [-0.2, -0.15) is 0 Å². The molecule has 0 spiro atoms. The molecule has 2 heterocycles. The number of carbonyl (C=O) groups excluding carboxylic acids is 2. The fraction of sp³-hybridized carbons (Fsp3) is 0.619. The number of nitrogens with two attached hydrogens (primary N) is 1. The maximum absolute atomic E-state index is 14.0. The Morgan fingerprint density at radius 3 is 2.15 bits per heavy atom. The molecule has 1 aromatic rings. The molecule has 33 heavy (non-hydrogen) atoms. The predicted molar refractivity (Wildman–Crippen MR) is 129 cm³/mol. The second-order valence-electron chi connectivity index (χ2n) is 8.03. The van der Waals surface area contributed by atoms with Crippen molar-refractivity contribution in [3.8, 4) is 0 Å². The van der Waals surface area contributed by atoms with Gasteiger partial charge in [0.2, 0.25) is 0 Å². The molecule has 0 aliphatic carbocycles. The summed E-state index contributed by atoms with van der Waals surface area (Å²) in [6, 6.07) is 1.41. The first-order valence-electron chi connectivity index (χ1n) is 11.0. The topological polar surface area (TPSA) is 145 Å². The number of carbonyl (C=O) groups is 2. The summed E-state index contributed by atoms with van der Waals surface area (Å²) in [4.78, 5) is 25.4. The van der Waals surface area contributed by atoms with E-state index in [1.165, 1.54) is 25.6 Å². The van der Waals surface area contributed by atoms with Gasteiger partial charge in [-0.05, 0) is 52.2 Å². The molecule has 2 rings (SSSR count). The van der Waals surface area contributed by atoms with Crippen LogP contribution in [0.3, 0.4) is 0 Å². The smallest absolute Gasteiger partial charge is 0.323 e. The van der Waals surface area contributed by atoms with Gasteiger partial charge in [-0.15, -0.1) is 0 Å². The minimum Gasteiger partial charge on any atom is -0.465 e. The summed E-state index contributed by atoms with van der Waals surface area (Å²) >= 11 is 1.52. The highest BCUT2D eigenvalue weighted by Crippen LogP contribution is 2.41. The van der Waals surface area contributed by atoms with Crippen molar-refractivity contribution in [2.24, 2.45) is 11.7 Å². The lowest BCUT2D eigenvalue weighted by Gasteiger charge is -2.24. The van der Waals surface area contributed by atoms with Gasteiger partial charge in [0, 0.05) is 4.91 Å². The molecule has 0 bridgehead atoms. The number of ether oxygens (including phenoxy) is 2. The van der Waals surface area contributed by atoms with E-state index in [1.54, 1.807) is 26.0 Å². The first-order chi connectivity index (χ1) is 15.5. The van der Waals surface area contributed by atoms with E-state index in [1.807, 2.05) is 0 Å². The maximum atomic E-state index is 14.0. The number of hydrogen-bond acceptors (Lipinski definition) is 9. The summed E-state index contributed by atoms with van der Waals surface area (Å²) < 4.78 is 30.0. The third kappa shape index (κ3) is 7.35. The van der Waals surface area contributed by atoms with Crippen LogP contribution in [0.25, 0.3) is 5.70 Å². The normalized spacial score (nSPS) is 18.2. The van der Waals surface area contributed by atoms with Gasteiger partial charge in [0.15, 0.2) is 11.3 Å². The van der Waals surface area contributed by atoms with Crippen molar-refractivity contribution in [2.75, 3.05) is 13.2 Å². The van der Waals surface area contributed by atoms with E-state index in [9.17, 15) is 14.2 Å². The quantitative estimate of drug-likeness (QED) is 0.247. The number of thioether (sulfide) groups is 1. The summed E-state index contributed by atoms with van der Waals surface area (Å²) in [5, 5.41) is 8.75. The van der Waals surface area contributed by atoms with E-state index in [0.29, 0.717) is 11.7 Å². The summed E-state index contributed by atoms with van der Waals surface area (Å²) in [5.74, 6) is -0.263. The third-order valence-electron chi connectivity index (χ3n) is 4.61. The highest BCUT2D eigenvalue weighted by Gasteiger charge is 2.37. The Labute approximate surface area is 199 Å². The molecular weight excluding hydrogens is 467 g/mol. The van der Waals surface area contributed by atoms with Crippen LogP contribution in [0.15, 0.2) is 21.5 Å². The van der Waals surface area contributed by atoms with Crippen LogP contribution in [0.4, 0.5) is 0 Å². The lowest BCUT2D eigenvalue weighted by Crippen LogP contribution is -2.44. The Bertz CT molecular complexity index is 888. The van der Waals surface area contributed by atoms with Gasteiger partial charge in [-0.1, -0.05) is 25.6 Å². The summed E-state index contributed by atoms with van der Waals surface area (Å²) in [6.07, 6.45) is 0.810. The molecule has 0 radical (unpaired) electrons. The van der Waals surface area contributed by atoms with Crippen LogP contribution >= 0.6 is 19.2 Å². The minimum atomic E-state index is -3.78. The largest absolute Gasteiger partial charge is 0.465 e. The van der Waals surface area contributed by atoms with Gasteiger partial charge in [0.25, 0.3) is 7.44 Å². The Morgan fingerprint density at radius 1 is 1.12 bits per heavy atom. The van der Waals surface area contributed by atoms with E-state index < -0.39 is 31.5 Å². The van der Waals surface area contributed by atoms with Crippen LogP contribution in [0.5, 0.6) is 0 Å². The molecule has 1 aliphatic heterocycles. The number of hydrogen-bond donors (Lipinski definition) is 4. The van der Waals surface area contributed by atoms with E-state index in [0.717, 1.165) is 17.0 Å². The minimum absolute atomic E-state index is 0.0634. The Morgan fingerprint density at radius 2 is 1.67 bits per heavy atom. The van der Waals surface area contributed by atoms with Crippen molar-refractivity contribution in [3.05, 3.63) is 22.8 Å². The van der Waals surface area contributed by atoms with Crippen LogP contribution in [0, 0.1) is 5.92 Å². The molecule has 0 fully saturated rings. The first-order valence-corrected chi connectivity index (χ1v) is 13.6. The van der Waals surface area contributed by atoms with Crippen LogP contribution in [-0.4, -0.2) is 42.7 Å². The standard InChI is InChI=1S/C21H35N4O6PS/c1-7-29-19(26)13(5)24-32(28,25-14(6)20(27)30-8-2)17-10-9-15(31-17)18-16(11-12(3)4)33-21(22)23-18/h9-10,12-14,21,23H,7-8,11,22H2,1-6H3,(H2,24,25,28)/t13-,14-,21?/m0/s1. The molecule has 1 unspecified atom stereocenters. The Kier molecular flexibility index (Phi) is 10.1. The second kappa shape index (κ2) is 12.1. The summed E-state index contributed by atoms with van der Waals surface area (Å²) in [7, 11) is -3.78. The Hall–Kier alpha value is -1.78. The average molecular weight is 503 g/mol. The van der Waals surface area contributed by atoms with Crippen LogP contribution in [0.2, 0.25) is 0 Å². The lowest BCUT2D eigenvalue weighted by molar-refractivity contribution is -0.145. The molecule has 186 valence electrons. The molecule has 1 aromatic heterocycles. The molecule has 1 aliphatic rings. The van der Waals surface area contributed by atoms with Gasteiger partial charge >= 0.3 is 11.9 Å². The van der Waals surface area contributed by atoms with Crippen molar-refractivity contribution in [3.63, 3.8) is 0 Å². The zero-order chi connectivity index (χ0) is 24.8. The second-order valence-corrected chi connectivity index (χ2v) is 11.4. The van der Waals surface area contributed by atoms with Crippen LogP contribution in [-0.2, 0) is 23.6 Å². The fourth-order valence-corrected chi connectivity index (χ4v) is 6.51. The molecule has 5 N–H and O–H groups in total. The van der Waals surface area contributed by atoms with E-state index in [4.69, 9.17) is 19.6 Å². The van der Waals surface area contributed by atoms with E-state index >= 15 is 0 Å². The van der Waals surface area contributed by atoms with Crippen LogP contribution in [0.1, 0.15) is 53.7 Å². The SMILES string of the molecule is CCOC(=O)[C@H](C)NP(=O)(N[C@@H](C)C(=O)OCC)c1ccc(C2=C(CC(C)C)SC(N)N2)o1. The van der Waals surface area contributed by atoms with E-state index in [-0.39, 0.29) is 24.2 Å². The van der Waals surface area contributed by atoms with Gasteiger partial charge in [0.05, 0.1) is 18.9 Å². The van der Waals surface area contributed by atoms with Crippen molar-refractivity contribution in [1.82, 2.24) is 15.5 Å². The highest BCUT2D eigenvalue weighted by molar-refractivity contribution is 8.04. The lowest BCUT2D eigenvalue weighted by atomic mass is 10.1. The zero-order valence-electron chi connectivity index (χ0n) is 20.0. The number of furan rings is 1. The van der Waals surface area contributed by atoms with E-state index in [2.05, 4.69) is 29.3 Å². The summed E-state index contributed by atoms with van der Waals surface area (Å²) in [5.41, 5.74) is 6.57. The molecule has 0 saturated heterocycles. The molecule has 3 atom stereocenters. The molecular formula is C21H35N4O6PS. The van der Waals surface area contributed by atoms with Crippen molar-refractivity contribution in [2.45, 2.75) is 65.5 Å². The Balaban J connectivity index is 2.39. The number of esters is 2. The molecule has 0 amide bonds. The molecule has 0 saturated carbocycles. The van der Waals surface area contributed by atoms with Gasteiger partial charge in [0.1, 0.15) is 17.6 Å². The highest BCUT2D eigenvalue weighted by atomic mass is 32.2. The van der Waals surface area contributed by atoms with Gasteiger partial charge in [-0.3, -0.25) is 14.2 Å². The number of allylic oxidation sites excluding steroid dienone is 1. The average Bonchev–Trinajstić information content (AvgIpc) is 3.34. The monoisotopic (exact) mass is 502 g/mol. The van der Waals surface area contributed by atoms with Crippen molar-refractivity contribution >= 4 is 42.3 Å². The first kappa shape index (κ1) is 27.5. The van der Waals surface area contributed by atoms with Gasteiger partial charge in [-0.25, -0.2) is 10.2 Å². The zero-order valence-corrected chi connectivity index (χ0v) is 21.7. The fourth-order valence-electron chi connectivity index (χ4n) is 3.18. The maximum Gasteiger partial charge on any atom is 0.323 e. The van der Waals surface area contributed by atoms with Gasteiger partial charge < -0.3 is 24.9 Å². The number of rotatable bonds is 12. The molecule has 10 nitrogen and oxygen atoms in total. The number of nitrogens with one attached hydrogen (secondary N) is 3. The summed E-state index contributed by atoms with van der Waals surface area (Å²) in [6.45, 7) is 11.0. The molecule has 12 heteroatoms. The third-order valence-corrected chi connectivity index (χ3v) is 8.00. The predicted octanol–water partition coefficient (Wildman–Crippen LogP) is 2.47. The molecule has 0 aromatic carbocycles. The van der Waals surface area contributed by atoms with Crippen LogP contribution < -0.4 is 26.7 Å². The van der Waals surface area contributed by atoms with Crippen molar-refractivity contribution < 1.29 is 28.0 Å². The van der Waals surface area contributed by atoms with Crippen molar-refractivity contribution in [1.29, 1.82) is 0 Å².